The predicted octanol–water partition coefficient (Wildman–Crippen LogP) is 1.11. The van der Waals surface area contributed by atoms with Crippen LogP contribution in [0.2, 0.25) is 0 Å². The Labute approximate surface area is 103 Å². The van der Waals surface area contributed by atoms with Crippen LogP contribution in [0.4, 0.5) is 8.78 Å². The summed E-state index contributed by atoms with van der Waals surface area (Å²) in [7, 11) is 0. The second-order valence-corrected chi connectivity index (χ2v) is 3.78. The van der Waals surface area contributed by atoms with Crippen LogP contribution in [0.5, 0.6) is 0 Å². The van der Waals surface area contributed by atoms with Crippen molar-refractivity contribution in [1.82, 2.24) is 25.5 Å². The Bertz CT molecular complexity index is 526. The van der Waals surface area contributed by atoms with Crippen molar-refractivity contribution in [2.75, 3.05) is 6.54 Å². The third-order valence-electron chi connectivity index (χ3n) is 2.46. The van der Waals surface area contributed by atoms with E-state index in [0.29, 0.717) is 24.5 Å². The Kier molecular flexibility index (Phi) is 3.93. The first-order valence-electron chi connectivity index (χ1n) is 5.60. The van der Waals surface area contributed by atoms with Gasteiger partial charge in [-0.15, -0.1) is 5.10 Å². The Hall–Kier alpha value is -1.89. The fraction of sp³-hybridized carbons (Fsp3) is 0.364. The zero-order valence-electron chi connectivity index (χ0n) is 9.90. The van der Waals surface area contributed by atoms with Crippen LogP contribution in [0.3, 0.4) is 0 Å². The number of nitrogens with one attached hydrogen (secondary N) is 1. The molecule has 0 atom stereocenters. The van der Waals surface area contributed by atoms with Gasteiger partial charge in [0.1, 0.15) is 0 Å². The summed E-state index contributed by atoms with van der Waals surface area (Å²) in [6, 6.07) is 3.75. The van der Waals surface area contributed by atoms with Crippen molar-refractivity contribution in [3.8, 4) is 0 Å². The topological polar surface area (TPSA) is 55.6 Å². The summed E-state index contributed by atoms with van der Waals surface area (Å²) in [6.45, 7) is 3.62. The van der Waals surface area contributed by atoms with Crippen LogP contribution in [-0.2, 0) is 13.1 Å². The minimum absolute atomic E-state index is 0.310. The molecule has 0 saturated heterocycles. The fourth-order valence-corrected chi connectivity index (χ4v) is 1.52. The molecule has 2 aromatic rings. The van der Waals surface area contributed by atoms with Gasteiger partial charge in [-0.05, 0) is 34.7 Å². The lowest BCUT2D eigenvalue weighted by atomic mass is 10.2. The molecule has 0 aliphatic heterocycles. The van der Waals surface area contributed by atoms with E-state index >= 15 is 0 Å². The third-order valence-corrected chi connectivity index (χ3v) is 2.46. The van der Waals surface area contributed by atoms with E-state index < -0.39 is 11.6 Å². The van der Waals surface area contributed by atoms with Gasteiger partial charge in [-0.3, -0.25) is 0 Å². The summed E-state index contributed by atoms with van der Waals surface area (Å²) < 4.78 is 27.4. The lowest BCUT2D eigenvalue weighted by Gasteiger charge is -2.05. The van der Waals surface area contributed by atoms with Crippen molar-refractivity contribution >= 4 is 0 Å². The molecule has 0 aliphatic rings. The molecule has 7 heteroatoms. The Morgan fingerprint density at radius 3 is 2.83 bits per heavy atom. The number of halogens is 2. The van der Waals surface area contributed by atoms with Gasteiger partial charge in [-0.25, -0.2) is 13.5 Å². The zero-order valence-corrected chi connectivity index (χ0v) is 9.90. The molecule has 0 radical (unpaired) electrons. The highest BCUT2D eigenvalue weighted by Crippen LogP contribution is 2.10. The van der Waals surface area contributed by atoms with Crippen LogP contribution in [0, 0.1) is 11.6 Å². The number of nitrogens with zero attached hydrogens (tertiary/aromatic N) is 4. The molecule has 2 rings (SSSR count). The van der Waals surface area contributed by atoms with Crippen LogP contribution in [0.1, 0.15) is 18.3 Å². The molecule has 0 fully saturated rings. The predicted molar refractivity (Wildman–Crippen MR) is 60.7 cm³/mol. The van der Waals surface area contributed by atoms with E-state index in [1.807, 2.05) is 6.92 Å². The smallest absolute Gasteiger partial charge is 0.165 e. The molecule has 96 valence electrons. The molecule has 0 unspecified atom stereocenters. The monoisotopic (exact) mass is 253 g/mol. The van der Waals surface area contributed by atoms with E-state index in [4.69, 9.17) is 0 Å². The van der Waals surface area contributed by atoms with Crippen LogP contribution >= 0.6 is 0 Å². The molecule has 0 aliphatic carbocycles. The molecular formula is C11H13F2N5. The summed E-state index contributed by atoms with van der Waals surface area (Å²) in [6.07, 6.45) is 0. The lowest BCUT2D eigenvalue weighted by molar-refractivity contribution is 0.504. The molecule has 0 amide bonds. The number of aromatic nitrogens is 4. The number of hydrogen-bond acceptors (Lipinski definition) is 4. The van der Waals surface area contributed by atoms with Crippen molar-refractivity contribution in [1.29, 1.82) is 0 Å². The average Bonchev–Trinajstić information content (AvgIpc) is 2.79. The second-order valence-electron chi connectivity index (χ2n) is 3.78. The van der Waals surface area contributed by atoms with Crippen LogP contribution < -0.4 is 5.32 Å². The van der Waals surface area contributed by atoms with E-state index in [-0.39, 0.29) is 0 Å². The molecule has 18 heavy (non-hydrogen) atoms. The molecule has 1 aromatic heterocycles. The van der Waals surface area contributed by atoms with Gasteiger partial charge in [0, 0.05) is 0 Å². The van der Waals surface area contributed by atoms with Gasteiger partial charge in [-0.2, -0.15) is 0 Å². The highest BCUT2D eigenvalue weighted by Gasteiger charge is 2.08. The van der Waals surface area contributed by atoms with Crippen LogP contribution in [0.25, 0.3) is 0 Å². The van der Waals surface area contributed by atoms with Gasteiger partial charge >= 0.3 is 0 Å². The SMILES string of the molecule is CCNCc1nnnn1Cc1ccc(F)c(F)c1. The summed E-state index contributed by atoms with van der Waals surface area (Å²) in [5, 5.41) is 14.3. The van der Waals surface area contributed by atoms with E-state index in [1.165, 1.54) is 6.07 Å². The van der Waals surface area contributed by atoms with Crippen molar-refractivity contribution < 1.29 is 8.78 Å². The minimum atomic E-state index is -0.867. The van der Waals surface area contributed by atoms with E-state index in [0.717, 1.165) is 18.7 Å². The maximum absolute atomic E-state index is 13.1. The summed E-state index contributed by atoms with van der Waals surface area (Å²) in [5.41, 5.74) is 0.610. The van der Waals surface area contributed by atoms with Crippen LogP contribution in [0.15, 0.2) is 18.2 Å². The van der Waals surface area contributed by atoms with Gasteiger partial charge in [0.2, 0.25) is 0 Å². The Morgan fingerprint density at radius 2 is 2.11 bits per heavy atom. The summed E-state index contributed by atoms with van der Waals surface area (Å²) in [5.74, 6) is -1.07. The standard InChI is InChI=1S/C11H13F2N5/c1-2-14-6-11-15-16-17-18(11)7-8-3-4-9(12)10(13)5-8/h3-5,14H,2,6-7H2,1H3. The highest BCUT2D eigenvalue weighted by molar-refractivity contribution is 5.18. The van der Waals surface area contributed by atoms with Gasteiger partial charge in [0.05, 0.1) is 13.1 Å². The molecule has 1 aromatic carbocycles. The first-order chi connectivity index (χ1) is 8.70. The van der Waals surface area contributed by atoms with E-state index in [2.05, 4.69) is 20.8 Å². The van der Waals surface area contributed by atoms with Crippen molar-refractivity contribution in [2.45, 2.75) is 20.0 Å². The van der Waals surface area contributed by atoms with E-state index in [1.54, 1.807) is 4.68 Å². The maximum atomic E-state index is 13.1. The first kappa shape index (κ1) is 12.6. The number of hydrogen-bond donors (Lipinski definition) is 1. The Balaban J connectivity index is 2.13. The highest BCUT2D eigenvalue weighted by atomic mass is 19.2. The van der Waals surface area contributed by atoms with Gasteiger partial charge in [0.15, 0.2) is 17.5 Å². The van der Waals surface area contributed by atoms with Crippen molar-refractivity contribution in [3.63, 3.8) is 0 Å². The summed E-state index contributed by atoms with van der Waals surface area (Å²) >= 11 is 0. The number of tetrazole rings is 1. The zero-order chi connectivity index (χ0) is 13.0. The average molecular weight is 253 g/mol. The molecule has 5 nitrogen and oxygen atoms in total. The minimum Gasteiger partial charge on any atom is -0.310 e. The quantitative estimate of drug-likeness (QED) is 0.867. The fourth-order valence-electron chi connectivity index (χ4n) is 1.52. The van der Waals surface area contributed by atoms with Gasteiger partial charge < -0.3 is 5.32 Å². The summed E-state index contributed by atoms with van der Waals surface area (Å²) in [4.78, 5) is 0. The van der Waals surface area contributed by atoms with Gasteiger partial charge in [0.25, 0.3) is 0 Å². The maximum Gasteiger partial charge on any atom is 0.165 e. The second kappa shape index (κ2) is 5.63. The molecule has 1 N–H and O–H groups in total. The Morgan fingerprint density at radius 1 is 1.28 bits per heavy atom. The van der Waals surface area contributed by atoms with E-state index in [9.17, 15) is 8.78 Å². The van der Waals surface area contributed by atoms with Crippen molar-refractivity contribution in [3.05, 3.63) is 41.2 Å². The molecule has 0 saturated carbocycles. The molecule has 0 spiro atoms. The first-order valence-corrected chi connectivity index (χ1v) is 5.60. The number of rotatable bonds is 5. The lowest BCUT2D eigenvalue weighted by Crippen LogP contribution is -2.17. The normalized spacial score (nSPS) is 10.8. The molecular weight excluding hydrogens is 240 g/mol. The largest absolute Gasteiger partial charge is 0.310 e. The number of benzene rings is 1. The van der Waals surface area contributed by atoms with Crippen LogP contribution in [-0.4, -0.2) is 26.8 Å². The molecule has 0 bridgehead atoms. The third kappa shape index (κ3) is 2.86. The van der Waals surface area contributed by atoms with Gasteiger partial charge in [-0.1, -0.05) is 13.0 Å². The van der Waals surface area contributed by atoms with Crippen molar-refractivity contribution in [2.24, 2.45) is 0 Å². The molecule has 1 heterocycles.